The molecule has 2 atom stereocenters. The van der Waals surface area contributed by atoms with Gasteiger partial charge in [-0.3, -0.25) is 10.8 Å². The topological polar surface area (TPSA) is 103 Å². The number of nitrogens with two attached hydrogens (primary N) is 1. The minimum atomic E-state index is -0.698. The van der Waals surface area contributed by atoms with Crippen LogP contribution in [0.2, 0.25) is 0 Å². The highest BCUT2D eigenvalue weighted by molar-refractivity contribution is 8.23. The van der Waals surface area contributed by atoms with Gasteiger partial charge >= 0.3 is 5.97 Å². The third-order valence-corrected chi connectivity index (χ3v) is 7.19. The number of benzene rings is 1. The summed E-state index contributed by atoms with van der Waals surface area (Å²) in [5.41, 5.74) is 7.58. The molecule has 2 aliphatic rings. The lowest BCUT2D eigenvalue weighted by Gasteiger charge is -2.28. The molecular weight excluding hydrogens is 384 g/mol. The fraction of sp³-hybridized carbons (Fsp3) is 0.409. The monoisotopic (exact) mass is 414 g/mol. The number of nitrogens with one attached hydrogen (secondary N) is 2. The summed E-state index contributed by atoms with van der Waals surface area (Å²) >= 11 is 0. The molecule has 0 aromatic heterocycles. The summed E-state index contributed by atoms with van der Waals surface area (Å²) in [4.78, 5) is 16.5. The maximum atomic E-state index is 12.1. The van der Waals surface area contributed by atoms with Crippen LogP contribution in [0.25, 0.3) is 0 Å². The molecule has 7 heteroatoms. The van der Waals surface area contributed by atoms with E-state index >= 15 is 0 Å². The Balaban J connectivity index is 1.71. The van der Waals surface area contributed by atoms with Gasteiger partial charge in [0.15, 0.2) is 0 Å². The van der Waals surface area contributed by atoms with Crippen LogP contribution in [0, 0.1) is 10.8 Å². The normalized spacial score (nSPS) is 20.2. The van der Waals surface area contributed by atoms with E-state index in [-0.39, 0.29) is 17.6 Å². The average molecular weight is 415 g/mol. The lowest BCUT2D eigenvalue weighted by Crippen LogP contribution is -2.36. The highest BCUT2D eigenvalue weighted by atomic mass is 32.2. The zero-order valence-corrected chi connectivity index (χ0v) is 18.3. The Labute approximate surface area is 175 Å². The molecule has 6 nitrogen and oxygen atoms in total. The van der Waals surface area contributed by atoms with E-state index in [0.29, 0.717) is 6.42 Å². The summed E-state index contributed by atoms with van der Waals surface area (Å²) < 4.78 is 5.32. The number of hydrogen-bond acceptors (Lipinski definition) is 5. The summed E-state index contributed by atoms with van der Waals surface area (Å²) in [5.74, 6) is -0.406. The van der Waals surface area contributed by atoms with Crippen molar-refractivity contribution in [3.05, 3.63) is 46.2 Å². The second kappa shape index (κ2) is 8.06. The molecule has 2 unspecified atom stereocenters. The van der Waals surface area contributed by atoms with Gasteiger partial charge in [-0.25, -0.2) is 4.79 Å². The van der Waals surface area contributed by atoms with Crippen LogP contribution in [0.5, 0.6) is 0 Å². The van der Waals surface area contributed by atoms with Crippen LogP contribution in [0.4, 0.5) is 5.69 Å². The van der Waals surface area contributed by atoms with Crippen LogP contribution < -0.4 is 10.6 Å². The average Bonchev–Trinajstić information content (AvgIpc) is 3.26. The molecule has 1 aromatic carbocycles. The maximum Gasteiger partial charge on any atom is 0.352 e. The molecule has 0 bridgehead atoms. The van der Waals surface area contributed by atoms with Crippen LogP contribution in [0.3, 0.4) is 0 Å². The fourth-order valence-corrected chi connectivity index (χ4v) is 5.58. The van der Waals surface area contributed by atoms with Crippen molar-refractivity contribution in [2.75, 3.05) is 11.4 Å². The number of fused-ring (bicyclic) bond motifs is 1. The molecule has 4 N–H and O–H groups in total. The third-order valence-electron chi connectivity index (χ3n) is 4.97. The van der Waals surface area contributed by atoms with Gasteiger partial charge in [0.2, 0.25) is 0 Å². The molecule has 0 saturated heterocycles. The van der Waals surface area contributed by atoms with E-state index in [9.17, 15) is 4.79 Å². The molecule has 0 spiro atoms. The summed E-state index contributed by atoms with van der Waals surface area (Å²) in [6.45, 7) is 8.34. The highest BCUT2D eigenvalue weighted by Gasteiger charge is 2.28. The number of carbonyl (C=O) groups excluding carboxylic acids is 1. The smallest absolute Gasteiger partial charge is 0.352 e. The molecule has 0 amide bonds. The predicted molar refractivity (Wildman–Crippen MR) is 122 cm³/mol. The van der Waals surface area contributed by atoms with E-state index in [1.807, 2.05) is 39.8 Å². The Bertz CT molecular complexity index is 914. The van der Waals surface area contributed by atoms with Crippen molar-refractivity contribution in [2.45, 2.75) is 57.1 Å². The van der Waals surface area contributed by atoms with Crippen LogP contribution in [0.1, 0.15) is 39.7 Å². The van der Waals surface area contributed by atoms with E-state index in [1.165, 1.54) is 10.5 Å². The van der Waals surface area contributed by atoms with E-state index in [2.05, 4.69) is 28.5 Å². The maximum absolute atomic E-state index is 12.1. The molecular formula is C22H30N4O2S. The zero-order valence-electron chi connectivity index (χ0n) is 17.5. The van der Waals surface area contributed by atoms with Gasteiger partial charge < -0.3 is 15.4 Å². The molecule has 156 valence electrons. The van der Waals surface area contributed by atoms with E-state index in [0.717, 1.165) is 23.6 Å². The number of allylic oxidation sites excluding steroid dienone is 2. The number of rotatable bonds is 6. The van der Waals surface area contributed by atoms with Gasteiger partial charge in [0, 0.05) is 29.6 Å². The number of nitrogens with zero attached hydrogens (tertiary/aromatic N) is 1. The van der Waals surface area contributed by atoms with Gasteiger partial charge in [0.05, 0.1) is 0 Å². The van der Waals surface area contributed by atoms with Crippen molar-refractivity contribution in [2.24, 2.45) is 5.73 Å². The van der Waals surface area contributed by atoms with Gasteiger partial charge in [-0.05, 0) is 74.3 Å². The molecule has 0 saturated carbocycles. The van der Waals surface area contributed by atoms with Crippen molar-refractivity contribution in [1.82, 2.24) is 0 Å². The van der Waals surface area contributed by atoms with Crippen LogP contribution >= 0.6 is 10.9 Å². The Morgan fingerprint density at radius 3 is 2.72 bits per heavy atom. The van der Waals surface area contributed by atoms with Crippen LogP contribution in [-0.4, -0.2) is 35.7 Å². The third kappa shape index (κ3) is 4.72. The first-order valence-corrected chi connectivity index (χ1v) is 11.2. The number of carbonyl (C=O) groups is 1. The fourth-order valence-electron chi connectivity index (χ4n) is 3.68. The zero-order chi connectivity index (χ0) is 21.3. The predicted octanol–water partition coefficient (Wildman–Crippen LogP) is 3.90. The van der Waals surface area contributed by atoms with Gasteiger partial charge in [0.25, 0.3) is 0 Å². The summed E-state index contributed by atoms with van der Waals surface area (Å²) in [6, 6.07) is 6.49. The number of anilines is 1. The molecule has 2 heterocycles. The molecule has 0 radical (unpaired) electrons. The number of amidine groups is 1. The first-order chi connectivity index (χ1) is 13.6. The number of esters is 1. The second-order valence-corrected chi connectivity index (χ2v) is 10.5. The summed E-state index contributed by atoms with van der Waals surface area (Å²) in [7, 11) is -0.698. The molecule has 2 aliphatic heterocycles. The van der Waals surface area contributed by atoms with Crippen molar-refractivity contribution >= 4 is 34.1 Å². The molecule has 1 aromatic rings. The quantitative estimate of drug-likeness (QED) is 0.245. The van der Waals surface area contributed by atoms with Crippen molar-refractivity contribution in [1.29, 1.82) is 10.8 Å². The molecule has 3 rings (SSSR count). The van der Waals surface area contributed by atoms with Crippen LogP contribution in [-0.2, 0) is 16.0 Å². The lowest BCUT2D eigenvalue weighted by atomic mass is 10.1. The Hall–Kier alpha value is -2.54. The summed E-state index contributed by atoms with van der Waals surface area (Å²) in [6.07, 6.45) is 5.19. The standard InChI is InChI=1S/C22H30N4O2S/c1-14(12-17(23)21(27)28-22(2,3)4)26-10-9-15-13-16(7-8-18(15)26)29-11-5-6-19(29)20(24)25/h5-8,11,13-14,23,29H,9-10,12H2,1-4H3,(H3,24,25). The SMILES string of the molecule is CC(CC(=N)C(=O)OC(C)(C)C)N1CCc2cc([SH]3C=CC=C3C(=N)N)ccc21. The van der Waals surface area contributed by atoms with E-state index < -0.39 is 22.5 Å². The number of ether oxygens (including phenoxy) is 1. The molecule has 29 heavy (non-hydrogen) atoms. The van der Waals surface area contributed by atoms with Gasteiger partial charge in [-0.1, -0.05) is 6.08 Å². The minimum absolute atomic E-state index is 0.00767. The van der Waals surface area contributed by atoms with Crippen molar-refractivity contribution < 1.29 is 9.53 Å². The summed E-state index contributed by atoms with van der Waals surface area (Å²) in [5, 5.41) is 18.0. The molecule has 0 fully saturated rings. The van der Waals surface area contributed by atoms with E-state index in [4.69, 9.17) is 21.3 Å². The van der Waals surface area contributed by atoms with Crippen LogP contribution in [0.15, 0.2) is 45.6 Å². The first kappa shape index (κ1) is 21.2. The lowest BCUT2D eigenvalue weighted by molar-refractivity contribution is -0.146. The van der Waals surface area contributed by atoms with Gasteiger partial charge in [-0.15, -0.1) is 0 Å². The molecule has 0 aliphatic carbocycles. The highest BCUT2D eigenvalue weighted by Crippen LogP contribution is 2.49. The van der Waals surface area contributed by atoms with E-state index in [1.54, 1.807) is 0 Å². The van der Waals surface area contributed by atoms with Gasteiger partial charge in [-0.2, -0.15) is 10.9 Å². The largest absolute Gasteiger partial charge is 0.456 e. The Kier molecular flexibility index (Phi) is 5.89. The first-order valence-electron chi connectivity index (χ1n) is 9.79. The van der Waals surface area contributed by atoms with Gasteiger partial charge in [0.1, 0.15) is 17.1 Å². The Morgan fingerprint density at radius 1 is 1.34 bits per heavy atom. The Morgan fingerprint density at radius 2 is 2.07 bits per heavy atom. The second-order valence-electron chi connectivity index (χ2n) is 8.47. The number of hydrogen-bond donors (Lipinski definition) is 4. The minimum Gasteiger partial charge on any atom is -0.456 e. The van der Waals surface area contributed by atoms with Crippen molar-refractivity contribution in [3.63, 3.8) is 0 Å². The van der Waals surface area contributed by atoms with Crippen molar-refractivity contribution in [3.8, 4) is 0 Å². The number of thiol groups is 1.